The van der Waals surface area contributed by atoms with Crippen LogP contribution in [0.1, 0.15) is 11.1 Å². The molecule has 8 nitrogen and oxygen atoms in total. The van der Waals surface area contributed by atoms with Gasteiger partial charge in [0.25, 0.3) is 0 Å². The smallest absolute Gasteiger partial charge is 0.311 e. The van der Waals surface area contributed by atoms with Crippen molar-refractivity contribution in [3.63, 3.8) is 0 Å². The molecule has 0 aromatic heterocycles. The summed E-state index contributed by atoms with van der Waals surface area (Å²) in [7, 11) is 2.87. The third-order valence-electron chi connectivity index (χ3n) is 3.41. The summed E-state index contributed by atoms with van der Waals surface area (Å²) < 4.78 is 10.0. The van der Waals surface area contributed by atoms with Crippen molar-refractivity contribution in [2.75, 3.05) is 14.2 Å². The number of methoxy groups -OCH3 is 2. The highest BCUT2D eigenvalue weighted by atomic mass is 35.5. The zero-order chi connectivity index (χ0) is 19.1. The van der Waals surface area contributed by atoms with Crippen LogP contribution >= 0.6 is 11.6 Å². The second kappa shape index (κ2) is 8.82. The number of nitrogens with zero attached hydrogens (tertiary/aromatic N) is 2. The number of hydrazone groups is 1. The summed E-state index contributed by atoms with van der Waals surface area (Å²) in [5.74, 6) is 0.342. The third-order valence-corrected chi connectivity index (χ3v) is 3.78. The van der Waals surface area contributed by atoms with Crippen molar-refractivity contribution in [2.24, 2.45) is 5.10 Å². The van der Waals surface area contributed by atoms with Crippen molar-refractivity contribution in [3.05, 3.63) is 62.7 Å². The van der Waals surface area contributed by atoms with Gasteiger partial charge in [0.2, 0.25) is 5.91 Å². The highest BCUT2D eigenvalue weighted by Gasteiger charge is 2.14. The van der Waals surface area contributed by atoms with Gasteiger partial charge in [-0.2, -0.15) is 5.10 Å². The third kappa shape index (κ3) is 4.93. The maximum Gasteiger partial charge on any atom is 0.311 e. The molecule has 2 rings (SSSR count). The number of carbonyl (C=O) groups is 1. The van der Waals surface area contributed by atoms with Gasteiger partial charge in [0, 0.05) is 16.7 Å². The van der Waals surface area contributed by atoms with Crippen LogP contribution in [-0.4, -0.2) is 31.3 Å². The van der Waals surface area contributed by atoms with E-state index in [1.807, 2.05) is 0 Å². The van der Waals surface area contributed by atoms with Crippen LogP contribution < -0.4 is 14.9 Å². The molecule has 0 radical (unpaired) electrons. The van der Waals surface area contributed by atoms with Crippen LogP contribution in [-0.2, 0) is 11.2 Å². The van der Waals surface area contributed by atoms with Gasteiger partial charge in [-0.25, -0.2) is 5.43 Å². The number of nitro groups is 1. The summed E-state index contributed by atoms with van der Waals surface area (Å²) in [5, 5.41) is 15.2. The molecule has 0 spiro atoms. The van der Waals surface area contributed by atoms with Gasteiger partial charge in [0.1, 0.15) is 5.75 Å². The van der Waals surface area contributed by atoms with Crippen LogP contribution in [0.4, 0.5) is 5.69 Å². The van der Waals surface area contributed by atoms with E-state index in [1.165, 1.54) is 32.6 Å². The van der Waals surface area contributed by atoms with Gasteiger partial charge in [-0.3, -0.25) is 14.9 Å². The van der Waals surface area contributed by atoms with Gasteiger partial charge in [-0.05, 0) is 35.9 Å². The van der Waals surface area contributed by atoms with Crippen LogP contribution in [0, 0.1) is 10.1 Å². The van der Waals surface area contributed by atoms with E-state index >= 15 is 0 Å². The number of amides is 1. The monoisotopic (exact) mass is 377 g/mol. The fourth-order valence-corrected chi connectivity index (χ4v) is 2.32. The number of rotatable bonds is 7. The average molecular weight is 378 g/mol. The lowest BCUT2D eigenvalue weighted by molar-refractivity contribution is -0.385. The molecule has 0 heterocycles. The molecule has 0 aliphatic carbocycles. The molecule has 0 atom stereocenters. The first kappa shape index (κ1) is 19.2. The first-order valence-corrected chi connectivity index (χ1v) is 7.79. The van der Waals surface area contributed by atoms with Crippen LogP contribution in [0.5, 0.6) is 11.5 Å². The minimum Gasteiger partial charge on any atom is -0.497 e. The topological polar surface area (TPSA) is 103 Å². The molecule has 136 valence electrons. The molecule has 2 aromatic rings. The quantitative estimate of drug-likeness (QED) is 0.454. The van der Waals surface area contributed by atoms with Crippen molar-refractivity contribution in [1.29, 1.82) is 0 Å². The standard InChI is InChI=1S/C17H16ClN3O5/c1-25-13-4-5-14(18)12(8-13)9-17(22)20-19-10-11-3-6-16(26-2)15(7-11)21(23)24/h3-8,10H,9H2,1-2H3,(H,20,22)/b19-10+. The highest BCUT2D eigenvalue weighted by molar-refractivity contribution is 6.31. The molecule has 1 amide bonds. The van der Waals surface area contributed by atoms with Crippen molar-refractivity contribution in [2.45, 2.75) is 6.42 Å². The molecule has 26 heavy (non-hydrogen) atoms. The number of hydrogen-bond acceptors (Lipinski definition) is 6. The van der Waals surface area contributed by atoms with Crippen LogP contribution in [0.25, 0.3) is 0 Å². The predicted molar refractivity (Wildman–Crippen MR) is 97.1 cm³/mol. The molecule has 9 heteroatoms. The Balaban J connectivity index is 2.03. The van der Waals surface area contributed by atoms with Crippen LogP contribution in [0.3, 0.4) is 0 Å². The number of benzene rings is 2. The Morgan fingerprint density at radius 1 is 1.27 bits per heavy atom. The maximum absolute atomic E-state index is 12.0. The zero-order valence-electron chi connectivity index (χ0n) is 14.1. The summed E-state index contributed by atoms with van der Waals surface area (Å²) >= 11 is 6.05. The number of nitrogens with one attached hydrogen (secondary N) is 1. The summed E-state index contributed by atoms with van der Waals surface area (Å²) in [6, 6.07) is 9.34. The minimum absolute atomic E-state index is 0.0101. The maximum atomic E-state index is 12.0. The molecule has 0 aliphatic rings. The second-order valence-electron chi connectivity index (χ2n) is 5.12. The molecule has 0 saturated carbocycles. The Morgan fingerprint density at radius 2 is 2.04 bits per heavy atom. The largest absolute Gasteiger partial charge is 0.497 e. The molecular formula is C17H16ClN3O5. The molecule has 0 aliphatic heterocycles. The second-order valence-corrected chi connectivity index (χ2v) is 5.52. The van der Waals surface area contributed by atoms with E-state index in [2.05, 4.69) is 10.5 Å². The predicted octanol–water partition coefficient (Wildman–Crippen LogP) is 2.96. The van der Waals surface area contributed by atoms with Crippen LogP contribution in [0.2, 0.25) is 5.02 Å². The summed E-state index contributed by atoms with van der Waals surface area (Å²) in [6.45, 7) is 0. The molecule has 0 bridgehead atoms. The Morgan fingerprint density at radius 3 is 2.69 bits per heavy atom. The summed E-state index contributed by atoms with van der Waals surface area (Å²) in [6.07, 6.45) is 1.31. The first-order chi connectivity index (χ1) is 12.4. The first-order valence-electron chi connectivity index (χ1n) is 7.41. The Bertz CT molecular complexity index is 854. The molecule has 2 aromatic carbocycles. The normalized spacial score (nSPS) is 10.6. The van der Waals surface area contributed by atoms with Gasteiger partial charge < -0.3 is 9.47 Å². The van der Waals surface area contributed by atoms with Gasteiger partial charge in [0.05, 0.1) is 31.8 Å². The van der Waals surface area contributed by atoms with E-state index in [1.54, 1.807) is 24.3 Å². The van der Waals surface area contributed by atoms with Gasteiger partial charge in [-0.1, -0.05) is 11.6 Å². The van der Waals surface area contributed by atoms with Crippen molar-refractivity contribution < 1.29 is 19.2 Å². The average Bonchev–Trinajstić information content (AvgIpc) is 2.63. The number of hydrogen-bond donors (Lipinski definition) is 1. The van der Waals surface area contributed by atoms with E-state index in [4.69, 9.17) is 21.1 Å². The number of halogens is 1. The van der Waals surface area contributed by atoms with E-state index < -0.39 is 4.92 Å². The van der Waals surface area contributed by atoms with Gasteiger partial charge in [0.15, 0.2) is 5.75 Å². The number of ether oxygens (including phenoxy) is 2. The Labute approximate surface area is 154 Å². The lowest BCUT2D eigenvalue weighted by Gasteiger charge is -2.06. The van der Waals surface area contributed by atoms with E-state index in [-0.39, 0.29) is 23.8 Å². The van der Waals surface area contributed by atoms with Crippen molar-refractivity contribution in [1.82, 2.24) is 5.43 Å². The molecule has 0 fully saturated rings. The molecule has 1 N–H and O–H groups in total. The summed E-state index contributed by atoms with van der Waals surface area (Å²) in [4.78, 5) is 22.4. The minimum atomic E-state index is -0.556. The highest BCUT2D eigenvalue weighted by Crippen LogP contribution is 2.27. The zero-order valence-corrected chi connectivity index (χ0v) is 14.8. The Kier molecular flexibility index (Phi) is 6.51. The van der Waals surface area contributed by atoms with E-state index in [0.29, 0.717) is 21.9 Å². The van der Waals surface area contributed by atoms with Crippen LogP contribution in [0.15, 0.2) is 41.5 Å². The van der Waals surface area contributed by atoms with Gasteiger partial charge >= 0.3 is 5.69 Å². The van der Waals surface area contributed by atoms with E-state index in [0.717, 1.165) is 0 Å². The lowest BCUT2D eigenvalue weighted by Crippen LogP contribution is -2.20. The lowest BCUT2D eigenvalue weighted by atomic mass is 10.1. The molecule has 0 saturated heterocycles. The Hall–Kier alpha value is -3.13. The fraction of sp³-hybridized carbons (Fsp3) is 0.176. The SMILES string of the molecule is COc1ccc(Cl)c(CC(=O)N/N=C/c2ccc(OC)c([N+](=O)[O-])c2)c1. The molecular weight excluding hydrogens is 362 g/mol. The molecule has 0 unspecified atom stereocenters. The number of nitro benzene ring substituents is 1. The van der Waals surface area contributed by atoms with E-state index in [9.17, 15) is 14.9 Å². The fourth-order valence-electron chi connectivity index (χ4n) is 2.13. The number of carbonyl (C=O) groups excluding carboxylic acids is 1. The van der Waals surface area contributed by atoms with Crippen molar-refractivity contribution in [3.8, 4) is 11.5 Å². The summed E-state index contributed by atoms with van der Waals surface area (Å²) in [5.41, 5.74) is 3.20. The van der Waals surface area contributed by atoms with Crippen molar-refractivity contribution >= 4 is 29.4 Å². The van der Waals surface area contributed by atoms with Gasteiger partial charge in [-0.15, -0.1) is 0 Å².